The molecule has 0 spiro atoms. The maximum atomic E-state index is 13.6. The Kier molecular flexibility index (Phi) is 5.32. The van der Waals surface area contributed by atoms with Gasteiger partial charge in [-0.2, -0.15) is 0 Å². The third-order valence-corrected chi connectivity index (χ3v) is 7.46. The van der Waals surface area contributed by atoms with Crippen molar-refractivity contribution in [1.29, 1.82) is 0 Å². The van der Waals surface area contributed by atoms with Gasteiger partial charge in [-0.25, -0.2) is 0 Å². The van der Waals surface area contributed by atoms with Gasteiger partial charge < -0.3 is 9.80 Å². The molecule has 2 aromatic rings. The van der Waals surface area contributed by atoms with Crippen molar-refractivity contribution in [2.24, 2.45) is 11.8 Å². The molecule has 2 aliphatic heterocycles. The van der Waals surface area contributed by atoms with E-state index in [2.05, 4.69) is 35.2 Å². The van der Waals surface area contributed by atoms with E-state index in [4.69, 9.17) is 0 Å². The predicted octanol–water partition coefficient (Wildman–Crippen LogP) is 4.61. The van der Waals surface area contributed by atoms with Gasteiger partial charge in [-0.05, 0) is 55.2 Å². The number of carbonyl (C=O) groups is 2. The number of rotatable bonds is 3. The summed E-state index contributed by atoms with van der Waals surface area (Å²) in [4.78, 5) is 30.6. The standard InChI is InChI=1S/C26H30N2O2/c29-25-23(16-17-27(25)20-11-5-2-6-12-20)26(30)28-18-15-21(19-9-3-1-4-10-19)22-13-7-8-14-24(22)28/h1-6,9-12,21-24H,7-8,13-18H2/t21-,22-,23?,24-/m1/s1. The summed E-state index contributed by atoms with van der Waals surface area (Å²) in [6, 6.07) is 20.8. The minimum Gasteiger partial charge on any atom is -0.339 e. The van der Waals surface area contributed by atoms with Crippen molar-refractivity contribution >= 4 is 17.5 Å². The van der Waals surface area contributed by atoms with Crippen molar-refractivity contribution in [2.45, 2.75) is 50.5 Å². The van der Waals surface area contributed by atoms with Crippen molar-refractivity contribution < 1.29 is 9.59 Å². The molecule has 0 bridgehead atoms. The third kappa shape index (κ3) is 3.42. The normalized spacial score (nSPS) is 29.0. The number of hydrogen-bond acceptors (Lipinski definition) is 2. The van der Waals surface area contributed by atoms with Gasteiger partial charge in [0, 0.05) is 24.8 Å². The van der Waals surface area contributed by atoms with E-state index in [1.54, 1.807) is 4.90 Å². The molecule has 3 fully saturated rings. The van der Waals surface area contributed by atoms with Crippen molar-refractivity contribution in [2.75, 3.05) is 18.0 Å². The van der Waals surface area contributed by atoms with Crippen LogP contribution in [-0.2, 0) is 9.59 Å². The maximum absolute atomic E-state index is 13.6. The zero-order valence-corrected chi connectivity index (χ0v) is 17.5. The second kappa shape index (κ2) is 8.25. The molecule has 2 aromatic carbocycles. The van der Waals surface area contributed by atoms with Crippen LogP contribution >= 0.6 is 0 Å². The first-order valence-corrected chi connectivity index (χ1v) is 11.5. The molecule has 0 N–H and O–H groups in total. The van der Waals surface area contributed by atoms with Crippen molar-refractivity contribution in [1.82, 2.24) is 4.90 Å². The van der Waals surface area contributed by atoms with Crippen LogP contribution in [0.2, 0.25) is 0 Å². The van der Waals surface area contributed by atoms with E-state index in [-0.39, 0.29) is 17.9 Å². The lowest BCUT2D eigenvalue weighted by Gasteiger charge is -2.49. The first-order chi connectivity index (χ1) is 14.7. The molecule has 0 radical (unpaired) electrons. The molecule has 2 saturated heterocycles. The van der Waals surface area contributed by atoms with Crippen LogP contribution in [0.3, 0.4) is 0 Å². The number of piperidine rings is 1. The Balaban J connectivity index is 1.34. The van der Waals surface area contributed by atoms with E-state index in [0.29, 0.717) is 24.8 Å². The van der Waals surface area contributed by atoms with Gasteiger partial charge in [0.2, 0.25) is 11.8 Å². The average Bonchev–Trinajstić information content (AvgIpc) is 3.20. The highest BCUT2D eigenvalue weighted by atomic mass is 16.2. The predicted molar refractivity (Wildman–Crippen MR) is 118 cm³/mol. The monoisotopic (exact) mass is 402 g/mol. The van der Waals surface area contributed by atoms with E-state index >= 15 is 0 Å². The Hall–Kier alpha value is -2.62. The Labute approximate surface area is 178 Å². The Morgan fingerprint density at radius 3 is 2.27 bits per heavy atom. The molecule has 2 amide bonds. The summed E-state index contributed by atoms with van der Waals surface area (Å²) in [6.07, 6.45) is 6.31. The number of anilines is 1. The van der Waals surface area contributed by atoms with E-state index in [1.165, 1.54) is 24.8 Å². The highest BCUT2D eigenvalue weighted by Crippen LogP contribution is 2.44. The lowest BCUT2D eigenvalue weighted by atomic mass is 9.69. The van der Waals surface area contributed by atoms with Gasteiger partial charge in [-0.3, -0.25) is 9.59 Å². The van der Waals surface area contributed by atoms with Crippen LogP contribution in [0.1, 0.15) is 50.0 Å². The number of benzene rings is 2. The van der Waals surface area contributed by atoms with Gasteiger partial charge in [0.1, 0.15) is 5.92 Å². The summed E-state index contributed by atoms with van der Waals surface area (Å²) < 4.78 is 0. The minimum absolute atomic E-state index is 0.0243. The first kappa shape index (κ1) is 19.3. The second-order valence-corrected chi connectivity index (χ2v) is 9.02. The zero-order valence-electron chi connectivity index (χ0n) is 17.5. The zero-order chi connectivity index (χ0) is 20.5. The fourth-order valence-corrected chi connectivity index (χ4v) is 6.02. The summed E-state index contributed by atoms with van der Waals surface area (Å²) in [5.74, 6) is 0.577. The van der Waals surface area contributed by atoms with Crippen LogP contribution in [-0.4, -0.2) is 35.8 Å². The number of hydrogen-bond donors (Lipinski definition) is 0. The molecule has 5 rings (SSSR count). The lowest BCUT2D eigenvalue weighted by molar-refractivity contribution is -0.145. The summed E-state index contributed by atoms with van der Waals surface area (Å²) in [5.41, 5.74) is 2.31. The van der Waals surface area contributed by atoms with Crippen molar-refractivity contribution in [3.05, 3.63) is 66.2 Å². The molecule has 2 heterocycles. The maximum Gasteiger partial charge on any atom is 0.239 e. The van der Waals surface area contributed by atoms with Crippen LogP contribution in [0.25, 0.3) is 0 Å². The topological polar surface area (TPSA) is 40.6 Å². The molecule has 30 heavy (non-hydrogen) atoms. The van der Waals surface area contributed by atoms with Gasteiger partial charge in [-0.15, -0.1) is 0 Å². The smallest absolute Gasteiger partial charge is 0.239 e. The molecule has 4 heteroatoms. The molecule has 0 aromatic heterocycles. The number of fused-ring (bicyclic) bond motifs is 1. The molecule has 3 aliphatic rings. The van der Waals surface area contributed by atoms with Crippen LogP contribution in [0.5, 0.6) is 0 Å². The molecule has 1 saturated carbocycles. The Morgan fingerprint density at radius 2 is 1.50 bits per heavy atom. The fraction of sp³-hybridized carbons (Fsp3) is 0.462. The Morgan fingerprint density at radius 1 is 0.800 bits per heavy atom. The van der Waals surface area contributed by atoms with Crippen LogP contribution in [0, 0.1) is 11.8 Å². The second-order valence-electron chi connectivity index (χ2n) is 9.02. The number of para-hydroxylation sites is 1. The van der Waals surface area contributed by atoms with Crippen molar-refractivity contribution in [3.8, 4) is 0 Å². The molecule has 1 unspecified atom stereocenters. The van der Waals surface area contributed by atoms with Gasteiger partial charge in [-0.1, -0.05) is 61.4 Å². The Bertz CT molecular complexity index is 898. The number of likely N-dealkylation sites (tertiary alicyclic amines) is 1. The molecule has 156 valence electrons. The highest BCUT2D eigenvalue weighted by molar-refractivity contribution is 6.09. The van der Waals surface area contributed by atoms with Crippen LogP contribution in [0.15, 0.2) is 60.7 Å². The van der Waals surface area contributed by atoms with Gasteiger partial charge in [0.15, 0.2) is 0 Å². The van der Waals surface area contributed by atoms with Crippen molar-refractivity contribution in [3.63, 3.8) is 0 Å². The van der Waals surface area contributed by atoms with E-state index in [9.17, 15) is 9.59 Å². The summed E-state index contributed by atoms with van der Waals surface area (Å²) in [6.45, 7) is 1.41. The number of amides is 2. The van der Waals surface area contributed by atoms with Gasteiger partial charge in [0.05, 0.1) is 0 Å². The molecule has 1 aliphatic carbocycles. The van der Waals surface area contributed by atoms with E-state index in [1.807, 2.05) is 30.3 Å². The van der Waals surface area contributed by atoms with Crippen LogP contribution < -0.4 is 4.90 Å². The number of carbonyl (C=O) groups excluding carboxylic acids is 2. The SMILES string of the molecule is O=C1C(C(=O)N2CC[C@H](c3ccccc3)[C@H]3CCCC[C@H]32)CCN1c1ccccc1. The van der Waals surface area contributed by atoms with Gasteiger partial charge in [0.25, 0.3) is 0 Å². The minimum atomic E-state index is -0.513. The number of nitrogens with zero attached hydrogens (tertiary/aromatic N) is 2. The largest absolute Gasteiger partial charge is 0.339 e. The fourth-order valence-electron chi connectivity index (χ4n) is 6.02. The average molecular weight is 403 g/mol. The quantitative estimate of drug-likeness (QED) is 0.703. The summed E-state index contributed by atoms with van der Waals surface area (Å²) in [7, 11) is 0. The van der Waals surface area contributed by atoms with E-state index in [0.717, 1.165) is 25.1 Å². The molecular formula is C26H30N2O2. The lowest BCUT2D eigenvalue weighted by Crippen LogP contribution is -2.54. The van der Waals surface area contributed by atoms with E-state index < -0.39 is 5.92 Å². The van der Waals surface area contributed by atoms with Gasteiger partial charge >= 0.3 is 0 Å². The first-order valence-electron chi connectivity index (χ1n) is 11.5. The third-order valence-electron chi connectivity index (χ3n) is 7.46. The summed E-state index contributed by atoms with van der Waals surface area (Å²) >= 11 is 0. The highest BCUT2D eigenvalue weighted by Gasteiger charge is 2.46. The van der Waals surface area contributed by atoms with Crippen LogP contribution in [0.4, 0.5) is 5.69 Å². The molecule has 4 atom stereocenters. The summed E-state index contributed by atoms with van der Waals surface area (Å²) in [5, 5.41) is 0. The molecule has 4 nitrogen and oxygen atoms in total. The molecular weight excluding hydrogens is 372 g/mol.